The maximum atomic E-state index is 13.4. The third-order valence-corrected chi connectivity index (χ3v) is 6.09. The number of nitrogens with zero attached hydrogens (tertiary/aromatic N) is 3. The Hall–Kier alpha value is -3.60. The molecule has 4 rings (SSSR count). The van der Waals surface area contributed by atoms with E-state index >= 15 is 0 Å². The lowest BCUT2D eigenvalue weighted by Crippen LogP contribution is -2.23. The van der Waals surface area contributed by atoms with Gasteiger partial charge in [-0.2, -0.15) is 5.26 Å². The Morgan fingerprint density at radius 3 is 2.58 bits per heavy atom. The number of fused-ring (bicyclic) bond motifs is 1. The average Bonchev–Trinajstić information content (AvgIpc) is 2.77. The third-order valence-electron chi connectivity index (χ3n) is 4.92. The molecule has 1 amide bonds. The van der Waals surface area contributed by atoms with Crippen LogP contribution in [0.15, 0.2) is 70.6 Å². The Morgan fingerprint density at radius 2 is 1.85 bits per heavy atom. The number of aromatic nitrogens is 2. The quantitative estimate of drug-likeness (QED) is 0.315. The average molecular weight is 475 g/mol. The SMILES string of the molecule is Cc1cc(C)cc(-n2c(SCC(=O)Nc3cc(Cl)ccc3C#N)nc3ccccc3c2=O)c1. The van der Waals surface area contributed by atoms with Crippen LogP contribution in [0.5, 0.6) is 0 Å². The van der Waals surface area contributed by atoms with Crippen molar-refractivity contribution < 1.29 is 4.79 Å². The number of nitrogens with one attached hydrogen (secondary N) is 1. The lowest BCUT2D eigenvalue weighted by atomic mass is 10.1. The van der Waals surface area contributed by atoms with Gasteiger partial charge < -0.3 is 5.32 Å². The summed E-state index contributed by atoms with van der Waals surface area (Å²) in [4.78, 5) is 30.7. The summed E-state index contributed by atoms with van der Waals surface area (Å²) >= 11 is 7.15. The molecule has 0 aliphatic rings. The van der Waals surface area contributed by atoms with Crippen molar-refractivity contribution in [1.82, 2.24) is 9.55 Å². The topological polar surface area (TPSA) is 87.8 Å². The Kier molecular flexibility index (Phi) is 6.50. The summed E-state index contributed by atoms with van der Waals surface area (Å²) in [5.74, 6) is -0.347. The fraction of sp³-hybridized carbons (Fsp3) is 0.120. The van der Waals surface area contributed by atoms with E-state index in [2.05, 4.69) is 10.3 Å². The van der Waals surface area contributed by atoms with Gasteiger partial charge in [-0.05, 0) is 67.4 Å². The summed E-state index contributed by atoms with van der Waals surface area (Å²) in [7, 11) is 0. The van der Waals surface area contributed by atoms with Gasteiger partial charge in [-0.1, -0.05) is 41.6 Å². The fourth-order valence-corrected chi connectivity index (χ4v) is 4.54. The molecule has 0 bridgehead atoms. The van der Waals surface area contributed by atoms with Crippen LogP contribution in [0.25, 0.3) is 16.6 Å². The van der Waals surface area contributed by atoms with Gasteiger partial charge in [0.15, 0.2) is 5.16 Å². The Balaban J connectivity index is 1.70. The van der Waals surface area contributed by atoms with Crippen LogP contribution in [0.3, 0.4) is 0 Å². The fourth-order valence-electron chi connectivity index (χ4n) is 3.55. The number of hydrogen-bond acceptors (Lipinski definition) is 5. The highest BCUT2D eigenvalue weighted by Crippen LogP contribution is 2.24. The number of carbonyl (C=O) groups is 1. The Labute approximate surface area is 199 Å². The highest BCUT2D eigenvalue weighted by molar-refractivity contribution is 7.99. The molecule has 4 aromatic rings. The van der Waals surface area contributed by atoms with Gasteiger partial charge in [0.25, 0.3) is 5.56 Å². The Morgan fingerprint density at radius 1 is 1.12 bits per heavy atom. The van der Waals surface area contributed by atoms with E-state index in [1.807, 2.05) is 44.2 Å². The van der Waals surface area contributed by atoms with Crippen LogP contribution < -0.4 is 10.9 Å². The largest absolute Gasteiger partial charge is 0.324 e. The van der Waals surface area contributed by atoms with Crippen molar-refractivity contribution in [2.24, 2.45) is 0 Å². The minimum absolute atomic E-state index is 0.00698. The van der Waals surface area contributed by atoms with Crippen LogP contribution in [0.4, 0.5) is 5.69 Å². The van der Waals surface area contributed by atoms with E-state index < -0.39 is 0 Å². The van der Waals surface area contributed by atoms with Crippen molar-refractivity contribution >= 4 is 45.9 Å². The van der Waals surface area contributed by atoms with E-state index in [4.69, 9.17) is 11.6 Å². The van der Waals surface area contributed by atoms with Gasteiger partial charge in [0, 0.05) is 5.02 Å². The number of halogens is 1. The zero-order valence-corrected chi connectivity index (χ0v) is 19.5. The molecule has 0 unspecified atom stereocenters. The summed E-state index contributed by atoms with van der Waals surface area (Å²) in [6.45, 7) is 3.93. The van der Waals surface area contributed by atoms with Crippen LogP contribution in [0.1, 0.15) is 16.7 Å². The number of benzene rings is 3. The second-order valence-corrected chi connectivity index (χ2v) is 8.92. The van der Waals surface area contributed by atoms with E-state index in [9.17, 15) is 14.9 Å². The molecule has 1 N–H and O–H groups in total. The summed E-state index contributed by atoms with van der Waals surface area (Å²) in [6.07, 6.45) is 0. The first-order valence-corrected chi connectivity index (χ1v) is 11.4. The molecule has 0 radical (unpaired) electrons. The van der Waals surface area contributed by atoms with Gasteiger partial charge >= 0.3 is 0 Å². The molecule has 8 heteroatoms. The molecule has 1 aromatic heterocycles. The molecule has 1 heterocycles. The summed E-state index contributed by atoms with van der Waals surface area (Å²) < 4.78 is 1.54. The van der Waals surface area contributed by atoms with Crippen LogP contribution in [0, 0.1) is 25.2 Å². The molecule has 0 saturated heterocycles. The molecule has 164 valence electrons. The van der Waals surface area contributed by atoms with E-state index in [1.165, 1.54) is 6.07 Å². The lowest BCUT2D eigenvalue weighted by molar-refractivity contribution is -0.113. The summed E-state index contributed by atoms with van der Waals surface area (Å²) in [5, 5.41) is 13.3. The van der Waals surface area contributed by atoms with Crippen LogP contribution in [0.2, 0.25) is 5.02 Å². The summed E-state index contributed by atoms with van der Waals surface area (Å²) in [5.41, 5.74) is 3.75. The number of thioether (sulfide) groups is 1. The lowest BCUT2D eigenvalue weighted by Gasteiger charge is -2.14. The van der Waals surface area contributed by atoms with Gasteiger partial charge in [0.05, 0.1) is 33.6 Å². The number of hydrogen-bond donors (Lipinski definition) is 1. The molecule has 0 aliphatic heterocycles. The molecule has 0 atom stereocenters. The maximum absolute atomic E-state index is 13.4. The molecule has 0 aliphatic carbocycles. The minimum Gasteiger partial charge on any atom is -0.324 e. The number of nitriles is 1. The van der Waals surface area contributed by atoms with E-state index in [1.54, 1.807) is 34.9 Å². The number of anilines is 1. The third kappa shape index (κ3) is 4.92. The summed E-state index contributed by atoms with van der Waals surface area (Å²) in [6, 6.07) is 19.7. The first-order chi connectivity index (χ1) is 15.9. The zero-order valence-electron chi connectivity index (χ0n) is 17.9. The number of amides is 1. The van der Waals surface area contributed by atoms with Crippen LogP contribution >= 0.6 is 23.4 Å². The standard InChI is InChI=1S/C25H19ClN4O2S/c1-15-9-16(2)11-19(10-15)30-24(32)20-5-3-4-6-21(20)29-25(30)33-14-23(31)28-22-12-18(26)8-7-17(22)13-27/h3-12H,14H2,1-2H3,(H,28,31). The predicted molar refractivity (Wildman–Crippen MR) is 132 cm³/mol. The first-order valence-electron chi connectivity index (χ1n) is 10.1. The van der Waals surface area contributed by atoms with Gasteiger partial charge in [-0.25, -0.2) is 4.98 Å². The van der Waals surface area contributed by atoms with Crippen LogP contribution in [-0.4, -0.2) is 21.2 Å². The van der Waals surface area contributed by atoms with Gasteiger partial charge in [-0.15, -0.1) is 0 Å². The molecule has 0 saturated carbocycles. The van der Waals surface area contributed by atoms with Gasteiger partial charge in [0.1, 0.15) is 6.07 Å². The smallest absolute Gasteiger partial charge is 0.266 e. The van der Waals surface area contributed by atoms with Crippen molar-refractivity contribution in [1.29, 1.82) is 5.26 Å². The Bertz CT molecular complexity index is 1470. The van der Waals surface area contributed by atoms with E-state index in [0.29, 0.717) is 38.0 Å². The molecule has 0 fully saturated rings. The zero-order chi connectivity index (χ0) is 23.5. The molecule has 33 heavy (non-hydrogen) atoms. The highest BCUT2D eigenvalue weighted by Gasteiger charge is 2.16. The van der Waals surface area contributed by atoms with E-state index in [0.717, 1.165) is 22.9 Å². The number of carbonyl (C=O) groups excluding carboxylic acids is 1. The predicted octanol–water partition coefficient (Wildman–Crippen LogP) is 5.26. The minimum atomic E-state index is -0.340. The highest BCUT2D eigenvalue weighted by atomic mass is 35.5. The number of rotatable bonds is 5. The van der Waals surface area contributed by atoms with Gasteiger partial charge in [-0.3, -0.25) is 14.2 Å². The number of aryl methyl sites for hydroxylation is 2. The van der Waals surface area contributed by atoms with Crippen LogP contribution in [-0.2, 0) is 4.79 Å². The molecule has 0 spiro atoms. The van der Waals surface area contributed by atoms with Crippen molar-refractivity contribution in [3.8, 4) is 11.8 Å². The number of para-hydroxylation sites is 1. The monoisotopic (exact) mass is 474 g/mol. The molecular formula is C25H19ClN4O2S. The van der Waals surface area contributed by atoms with E-state index in [-0.39, 0.29) is 17.2 Å². The van der Waals surface area contributed by atoms with Crippen molar-refractivity contribution in [3.63, 3.8) is 0 Å². The molecule has 3 aromatic carbocycles. The molecule has 6 nitrogen and oxygen atoms in total. The normalized spacial score (nSPS) is 10.7. The van der Waals surface area contributed by atoms with Crippen molar-refractivity contribution in [3.05, 3.63) is 92.7 Å². The van der Waals surface area contributed by atoms with Crippen molar-refractivity contribution in [2.45, 2.75) is 19.0 Å². The van der Waals surface area contributed by atoms with Gasteiger partial charge in [0.2, 0.25) is 5.91 Å². The van der Waals surface area contributed by atoms with Crippen molar-refractivity contribution in [2.75, 3.05) is 11.1 Å². The second-order valence-electron chi connectivity index (χ2n) is 7.54. The molecular weight excluding hydrogens is 456 g/mol. The maximum Gasteiger partial charge on any atom is 0.266 e. The first kappa shape index (κ1) is 22.6. The second kappa shape index (κ2) is 9.49.